The van der Waals surface area contributed by atoms with Crippen molar-refractivity contribution in [3.63, 3.8) is 0 Å². The number of nitrogens with one attached hydrogen (secondary N) is 1. The Labute approximate surface area is 205 Å². The number of aliphatic hydroxyl groups excluding tert-OH is 1. The molecule has 1 saturated carbocycles. The zero-order chi connectivity index (χ0) is 24.8. The molecule has 2 aromatic rings. The van der Waals surface area contributed by atoms with Gasteiger partial charge in [0.25, 0.3) is 5.91 Å². The molecule has 1 atom stereocenters. The maximum Gasteiger partial charge on any atom is 0.254 e. The molecular weight excluding hydrogens is 446 g/mol. The fourth-order valence-electron chi connectivity index (χ4n) is 4.95. The van der Waals surface area contributed by atoms with E-state index < -0.39 is 0 Å². The summed E-state index contributed by atoms with van der Waals surface area (Å²) < 4.78 is 5.45. The summed E-state index contributed by atoms with van der Waals surface area (Å²) in [6.45, 7) is 0.328. The van der Waals surface area contributed by atoms with Crippen LogP contribution in [0.3, 0.4) is 0 Å². The number of methoxy groups -OCH3 is 1. The lowest BCUT2D eigenvalue weighted by Crippen LogP contribution is -2.43. The van der Waals surface area contributed by atoms with Gasteiger partial charge in [-0.25, -0.2) is 0 Å². The summed E-state index contributed by atoms with van der Waals surface area (Å²) in [6, 6.07) is 15.0. The smallest absolute Gasteiger partial charge is 0.254 e. The monoisotopic (exact) mass is 479 g/mol. The summed E-state index contributed by atoms with van der Waals surface area (Å²) in [6.07, 6.45) is 3.38. The number of likely N-dealkylation sites (tertiary alicyclic amines) is 1. The predicted octanol–water partition coefficient (Wildman–Crippen LogP) is 3.39. The highest BCUT2D eigenvalue weighted by Crippen LogP contribution is 2.30. The average molecular weight is 480 g/mol. The molecule has 2 aliphatic rings. The van der Waals surface area contributed by atoms with Gasteiger partial charge in [-0.3, -0.25) is 9.59 Å². The summed E-state index contributed by atoms with van der Waals surface area (Å²) in [5, 5.41) is 16.8. The first kappa shape index (κ1) is 24.7. The number of rotatable bonds is 7. The van der Waals surface area contributed by atoms with Gasteiger partial charge < -0.3 is 24.9 Å². The summed E-state index contributed by atoms with van der Waals surface area (Å²) >= 11 is 0. The molecule has 4 rings (SSSR count). The molecule has 186 valence electrons. The summed E-state index contributed by atoms with van der Waals surface area (Å²) in [5.74, 6) is 0.543. The topological polar surface area (TPSA) is 100 Å². The third-order valence-electron chi connectivity index (χ3n) is 6.78. The van der Waals surface area contributed by atoms with Crippen LogP contribution in [0.2, 0.25) is 0 Å². The van der Waals surface area contributed by atoms with Crippen LogP contribution >= 0.6 is 0 Å². The number of carbonyl (C=O) groups is 2. The van der Waals surface area contributed by atoms with E-state index in [9.17, 15) is 14.7 Å². The lowest BCUT2D eigenvalue weighted by Gasteiger charge is -2.28. The Kier molecular flexibility index (Phi) is 8.02. The van der Waals surface area contributed by atoms with Crippen molar-refractivity contribution < 1.29 is 24.3 Å². The molecule has 8 heteroatoms. The average Bonchev–Trinajstić information content (AvgIpc) is 3.27. The normalized spacial score (nSPS) is 23.2. The largest absolute Gasteiger partial charge is 0.496 e. The van der Waals surface area contributed by atoms with Crippen LogP contribution < -0.4 is 10.1 Å². The van der Waals surface area contributed by atoms with Gasteiger partial charge in [-0.2, -0.15) is 0 Å². The van der Waals surface area contributed by atoms with Gasteiger partial charge in [0, 0.05) is 36.1 Å². The standard InChI is InChI=1S/C27H33N3O5/c1-34-25-6-4-3-5-24(25)18-7-9-19(10-8-18)27(33)30-17-21(29-35-2)15-22(30)16-26(32)28-20-11-13-23(31)14-12-20/h3-10,20,22-23,31H,11-17H2,1-2H3,(H,28,32)/t20?,22-,23?/m0/s1. The van der Waals surface area contributed by atoms with Gasteiger partial charge in [0.1, 0.15) is 12.9 Å². The van der Waals surface area contributed by atoms with E-state index >= 15 is 0 Å². The van der Waals surface area contributed by atoms with Gasteiger partial charge in [0.2, 0.25) is 5.91 Å². The van der Waals surface area contributed by atoms with Gasteiger partial charge in [0.15, 0.2) is 0 Å². The highest BCUT2D eigenvalue weighted by molar-refractivity contribution is 6.01. The highest BCUT2D eigenvalue weighted by Gasteiger charge is 2.35. The van der Waals surface area contributed by atoms with Crippen molar-refractivity contribution in [1.29, 1.82) is 0 Å². The minimum atomic E-state index is -0.292. The summed E-state index contributed by atoms with van der Waals surface area (Å²) in [5.41, 5.74) is 3.20. The van der Waals surface area contributed by atoms with Crippen LogP contribution in [0.1, 0.15) is 48.9 Å². The van der Waals surface area contributed by atoms with E-state index in [1.807, 2.05) is 36.4 Å². The second-order valence-electron chi connectivity index (χ2n) is 9.19. The van der Waals surface area contributed by atoms with Crippen molar-refractivity contribution in [2.24, 2.45) is 5.16 Å². The van der Waals surface area contributed by atoms with Gasteiger partial charge >= 0.3 is 0 Å². The van der Waals surface area contributed by atoms with Crippen molar-refractivity contribution in [1.82, 2.24) is 10.2 Å². The van der Waals surface area contributed by atoms with Crippen molar-refractivity contribution in [3.8, 4) is 16.9 Å². The zero-order valence-electron chi connectivity index (χ0n) is 20.3. The van der Waals surface area contributed by atoms with E-state index in [4.69, 9.17) is 9.57 Å². The molecule has 8 nitrogen and oxygen atoms in total. The molecule has 2 amide bonds. The maximum atomic E-state index is 13.4. The minimum absolute atomic E-state index is 0.0751. The number of nitrogens with zero attached hydrogens (tertiary/aromatic N) is 2. The van der Waals surface area contributed by atoms with E-state index in [-0.39, 0.29) is 36.4 Å². The molecule has 1 heterocycles. The first-order valence-corrected chi connectivity index (χ1v) is 12.1. The number of oxime groups is 1. The van der Waals surface area contributed by atoms with E-state index in [0.717, 1.165) is 35.4 Å². The van der Waals surface area contributed by atoms with E-state index in [1.54, 1.807) is 24.1 Å². The molecule has 2 N–H and O–H groups in total. The summed E-state index contributed by atoms with van der Waals surface area (Å²) in [4.78, 5) is 32.9. The predicted molar refractivity (Wildman–Crippen MR) is 133 cm³/mol. The van der Waals surface area contributed by atoms with E-state index in [1.165, 1.54) is 7.11 Å². The molecule has 0 bridgehead atoms. The number of benzene rings is 2. The molecular formula is C27H33N3O5. The number of hydrogen-bond acceptors (Lipinski definition) is 6. The first-order chi connectivity index (χ1) is 17.0. The first-order valence-electron chi connectivity index (χ1n) is 12.1. The van der Waals surface area contributed by atoms with E-state index in [0.29, 0.717) is 31.4 Å². The van der Waals surface area contributed by atoms with Crippen molar-refractivity contribution >= 4 is 17.5 Å². The van der Waals surface area contributed by atoms with Crippen LogP contribution in [0.5, 0.6) is 5.75 Å². The minimum Gasteiger partial charge on any atom is -0.496 e. The second kappa shape index (κ2) is 11.4. The Balaban J connectivity index is 1.46. The fraction of sp³-hybridized carbons (Fsp3) is 0.444. The van der Waals surface area contributed by atoms with Crippen LogP contribution in [0.25, 0.3) is 11.1 Å². The third-order valence-corrected chi connectivity index (χ3v) is 6.78. The van der Waals surface area contributed by atoms with Crippen molar-refractivity contribution in [2.75, 3.05) is 20.8 Å². The Bertz CT molecular complexity index is 1060. The molecule has 0 spiro atoms. The highest BCUT2D eigenvalue weighted by atomic mass is 16.6. The number of amides is 2. The number of ether oxygens (including phenoxy) is 1. The van der Waals surface area contributed by atoms with Crippen LogP contribution in [0.15, 0.2) is 53.7 Å². The Morgan fingerprint density at radius 1 is 1.06 bits per heavy atom. The molecule has 1 aliphatic heterocycles. The quantitative estimate of drug-likeness (QED) is 0.593. The van der Waals surface area contributed by atoms with Crippen LogP contribution in [0, 0.1) is 0 Å². The lowest BCUT2D eigenvalue weighted by molar-refractivity contribution is -0.123. The Hall–Kier alpha value is -3.39. The molecule has 2 fully saturated rings. The lowest BCUT2D eigenvalue weighted by atomic mass is 9.93. The van der Waals surface area contributed by atoms with Crippen LogP contribution in [-0.2, 0) is 9.63 Å². The third kappa shape index (κ3) is 6.00. The van der Waals surface area contributed by atoms with Crippen molar-refractivity contribution in [2.45, 2.75) is 56.7 Å². The molecule has 0 aromatic heterocycles. The van der Waals surface area contributed by atoms with Crippen LogP contribution in [-0.4, -0.2) is 66.5 Å². The SMILES string of the molecule is CON=C1C[C@@H](CC(=O)NC2CCC(O)CC2)N(C(=O)c2ccc(-c3ccccc3OC)cc2)C1. The molecule has 0 unspecified atom stereocenters. The summed E-state index contributed by atoms with van der Waals surface area (Å²) in [7, 11) is 3.12. The molecule has 35 heavy (non-hydrogen) atoms. The molecule has 1 saturated heterocycles. The van der Waals surface area contributed by atoms with Gasteiger partial charge in [-0.1, -0.05) is 35.5 Å². The number of carbonyl (C=O) groups excluding carboxylic acids is 2. The van der Waals surface area contributed by atoms with Gasteiger partial charge in [-0.15, -0.1) is 0 Å². The Morgan fingerprint density at radius 2 is 1.77 bits per heavy atom. The van der Waals surface area contributed by atoms with E-state index in [2.05, 4.69) is 10.5 Å². The zero-order valence-corrected chi connectivity index (χ0v) is 20.3. The number of hydrogen-bond donors (Lipinski definition) is 2. The Morgan fingerprint density at radius 3 is 2.46 bits per heavy atom. The fourth-order valence-corrected chi connectivity index (χ4v) is 4.95. The van der Waals surface area contributed by atoms with Crippen molar-refractivity contribution in [3.05, 3.63) is 54.1 Å². The second-order valence-corrected chi connectivity index (χ2v) is 9.19. The number of para-hydroxylation sites is 1. The van der Waals surface area contributed by atoms with Crippen LogP contribution in [0.4, 0.5) is 0 Å². The molecule has 1 aliphatic carbocycles. The molecule has 2 aromatic carbocycles. The number of aliphatic hydroxyl groups is 1. The molecule has 0 radical (unpaired) electrons. The van der Waals surface area contributed by atoms with Gasteiger partial charge in [-0.05, 0) is 49.4 Å². The van der Waals surface area contributed by atoms with Gasteiger partial charge in [0.05, 0.1) is 25.5 Å². The maximum absolute atomic E-state index is 13.4.